The van der Waals surface area contributed by atoms with E-state index < -0.39 is 0 Å². The molecule has 3 heteroatoms. The highest BCUT2D eigenvalue weighted by atomic mass is 35.5. The van der Waals surface area contributed by atoms with Gasteiger partial charge in [-0.3, -0.25) is 0 Å². The average molecular weight is 203 g/mol. The van der Waals surface area contributed by atoms with Gasteiger partial charge in [0.15, 0.2) is 0 Å². The third-order valence-electron chi connectivity index (χ3n) is 1.38. The van der Waals surface area contributed by atoms with Crippen LogP contribution in [0, 0.1) is 0 Å². The SMILES string of the molecule is OCC=Cc1cccc(Cl)c1Cl. The number of aliphatic hydroxyl groups is 1. The molecule has 64 valence electrons. The van der Waals surface area contributed by atoms with Crippen molar-refractivity contribution in [2.24, 2.45) is 0 Å². The maximum atomic E-state index is 8.52. The molecular formula is C9H8Cl2O. The Bertz CT molecular complexity index is 295. The fourth-order valence-corrected chi connectivity index (χ4v) is 1.20. The van der Waals surface area contributed by atoms with E-state index in [4.69, 9.17) is 28.3 Å². The van der Waals surface area contributed by atoms with E-state index in [1.165, 1.54) is 0 Å². The van der Waals surface area contributed by atoms with Crippen LogP contribution in [0.5, 0.6) is 0 Å². The Hall–Kier alpha value is -0.500. The van der Waals surface area contributed by atoms with E-state index in [1.54, 1.807) is 18.2 Å². The van der Waals surface area contributed by atoms with Crippen LogP contribution in [-0.4, -0.2) is 11.7 Å². The van der Waals surface area contributed by atoms with Gasteiger partial charge in [0.2, 0.25) is 0 Å². The van der Waals surface area contributed by atoms with Crippen LogP contribution in [0.3, 0.4) is 0 Å². The van der Waals surface area contributed by atoms with Gasteiger partial charge in [0, 0.05) is 0 Å². The van der Waals surface area contributed by atoms with E-state index in [1.807, 2.05) is 12.1 Å². The summed E-state index contributed by atoms with van der Waals surface area (Å²) in [5, 5.41) is 9.57. The Morgan fingerprint density at radius 1 is 1.33 bits per heavy atom. The van der Waals surface area contributed by atoms with Crippen LogP contribution in [0.4, 0.5) is 0 Å². The fraction of sp³-hybridized carbons (Fsp3) is 0.111. The van der Waals surface area contributed by atoms with E-state index in [2.05, 4.69) is 0 Å². The van der Waals surface area contributed by atoms with Crippen molar-refractivity contribution >= 4 is 29.3 Å². The first-order valence-corrected chi connectivity index (χ1v) is 4.22. The van der Waals surface area contributed by atoms with Crippen molar-refractivity contribution in [1.29, 1.82) is 0 Å². The summed E-state index contributed by atoms with van der Waals surface area (Å²) in [6.07, 6.45) is 3.34. The molecule has 1 N–H and O–H groups in total. The highest BCUT2D eigenvalue weighted by Gasteiger charge is 1.99. The minimum absolute atomic E-state index is 0.00282. The van der Waals surface area contributed by atoms with Crippen LogP contribution in [0.25, 0.3) is 6.08 Å². The maximum absolute atomic E-state index is 8.52. The van der Waals surface area contributed by atoms with Crippen LogP contribution < -0.4 is 0 Å². The molecular weight excluding hydrogens is 195 g/mol. The van der Waals surface area contributed by atoms with Crippen LogP contribution >= 0.6 is 23.2 Å². The number of rotatable bonds is 2. The molecule has 0 aliphatic heterocycles. The molecule has 0 heterocycles. The Morgan fingerprint density at radius 2 is 2.08 bits per heavy atom. The van der Waals surface area contributed by atoms with Gasteiger partial charge in [-0.25, -0.2) is 0 Å². The molecule has 0 fully saturated rings. The van der Waals surface area contributed by atoms with Gasteiger partial charge in [-0.1, -0.05) is 47.5 Å². The first kappa shape index (κ1) is 9.59. The zero-order valence-electron chi connectivity index (χ0n) is 6.30. The van der Waals surface area contributed by atoms with E-state index in [0.29, 0.717) is 10.0 Å². The fourth-order valence-electron chi connectivity index (χ4n) is 0.829. The van der Waals surface area contributed by atoms with Crippen LogP contribution in [0.1, 0.15) is 5.56 Å². The third-order valence-corrected chi connectivity index (χ3v) is 2.22. The maximum Gasteiger partial charge on any atom is 0.0664 e. The monoisotopic (exact) mass is 202 g/mol. The molecule has 0 atom stereocenters. The summed E-state index contributed by atoms with van der Waals surface area (Å²) < 4.78 is 0. The summed E-state index contributed by atoms with van der Waals surface area (Å²) in [5.41, 5.74) is 0.818. The van der Waals surface area contributed by atoms with Crippen molar-refractivity contribution in [2.75, 3.05) is 6.61 Å². The molecule has 1 aromatic rings. The lowest BCUT2D eigenvalue weighted by molar-refractivity contribution is 0.343. The van der Waals surface area contributed by atoms with Crippen molar-refractivity contribution < 1.29 is 5.11 Å². The summed E-state index contributed by atoms with van der Waals surface area (Å²) in [5.74, 6) is 0. The predicted molar refractivity (Wildman–Crippen MR) is 52.6 cm³/mol. The molecule has 1 nitrogen and oxygen atoms in total. The Kier molecular flexibility index (Phi) is 3.60. The summed E-state index contributed by atoms with van der Waals surface area (Å²) in [6, 6.07) is 5.37. The second-order valence-electron chi connectivity index (χ2n) is 2.23. The van der Waals surface area contributed by atoms with E-state index in [9.17, 15) is 0 Å². The summed E-state index contributed by atoms with van der Waals surface area (Å²) in [6.45, 7) is 0.00282. The molecule has 0 spiro atoms. The quantitative estimate of drug-likeness (QED) is 0.783. The molecule has 1 rings (SSSR count). The van der Waals surface area contributed by atoms with Gasteiger partial charge < -0.3 is 5.11 Å². The third kappa shape index (κ3) is 2.24. The summed E-state index contributed by atoms with van der Waals surface area (Å²) >= 11 is 11.6. The standard InChI is InChI=1S/C9H8Cl2O/c10-8-5-1-3-7(9(8)11)4-2-6-12/h1-5,12H,6H2. The first-order chi connectivity index (χ1) is 5.75. The molecule has 0 aliphatic carbocycles. The normalized spacial score (nSPS) is 10.9. The summed E-state index contributed by atoms with van der Waals surface area (Å²) in [4.78, 5) is 0. The number of aliphatic hydroxyl groups excluding tert-OH is 1. The van der Waals surface area contributed by atoms with Crippen LogP contribution in [0.2, 0.25) is 10.0 Å². The molecule has 0 saturated carbocycles. The Balaban J connectivity index is 3.00. The average Bonchev–Trinajstić information content (AvgIpc) is 2.08. The number of benzene rings is 1. The lowest BCUT2D eigenvalue weighted by Gasteiger charge is -1.98. The van der Waals surface area contributed by atoms with Gasteiger partial charge in [-0.15, -0.1) is 0 Å². The first-order valence-electron chi connectivity index (χ1n) is 3.47. The molecule has 12 heavy (non-hydrogen) atoms. The second kappa shape index (κ2) is 4.51. The lowest BCUT2D eigenvalue weighted by atomic mass is 10.2. The molecule has 0 bridgehead atoms. The van der Waals surface area contributed by atoms with Crippen molar-refractivity contribution in [2.45, 2.75) is 0 Å². The Morgan fingerprint density at radius 3 is 2.75 bits per heavy atom. The minimum Gasteiger partial charge on any atom is -0.392 e. The minimum atomic E-state index is 0.00282. The van der Waals surface area contributed by atoms with Crippen molar-refractivity contribution in [3.05, 3.63) is 39.9 Å². The van der Waals surface area contributed by atoms with E-state index >= 15 is 0 Å². The van der Waals surface area contributed by atoms with Crippen molar-refractivity contribution in [1.82, 2.24) is 0 Å². The van der Waals surface area contributed by atoms with Gasteiger partial charge in [0.25, 0.3) is 0 Å². The number of halogens is 2. The van der Waals surface area contributed by atoms with Crippen molar-refractivity contribution in [3.8, 4) is 0 Å². The molecule has 0 amide bonds. The molecule has 0 radical (unpaired) electrons. The van der Waals surface area contributed by atoms with Gasteiger partial charge >= 0.3 is 0 Å². The second-order valence-corrected chi connectivity index (χ2v) is 3.01. The highest BCUT2D eigenvalue weighted by molar-refractivity contribution is 6.42. The highest BCUT2D eigenvalue weighted by Crippen LogP contribution is 2.26. The van der Waals surface area contributed by atoms with Gasteiger partial charge in [-0.05, 0) is 11.6 Å². The van der Waals surface area contributed by atoms with Crippen LogP contribution in [-0.2, 0) is 0 Å². The Labute approximate surface area is 81.2 Å². The zero-order chi connectivity index (χ0) is 8.97. The molecule has 0 unspecified atom stereocenters. The van der Waals surface area contributed by atoms with Crippen LogP contribution in [0.15, 0.2) is 24.3 Å². The number of hydrogen-bond donors (Lipinski definition) is 1. The molecule has 0 aliphatic rings. The molecule has 0 saturated heterocycles. The van der Waals surface area contributed by atoms with E-state index in [-0.39, 0.29) is 6.61 Å². The smallest absolute Gasteiger partial charge is 0.0664 e. The van der Waals surface area contributed by atoms with Gasteiger partial charge in [0.1, 0.15) is 0 Å². The van der Waals surface area contributed by atoms with Crippen molar-refractivity contribution in [3.63, 3.8) is 0 Å². The molecule has 1 aromatic carbocycles. The van der Waals surface area contributed by atoms with E-state index in [0.717, 1.165) is 5.56 Å². The van der Waals surface area contributed by atoms with Gasteiger partial charge in [-0.2, -0.15) is 0 Å². The lowest BCUT2D eigenvalue weighted by Crippen LogP contribution is -1.77. The number of hydrogen-bond acceptors (Lipinski definition) is 1. The zero-order valence-corrected chi connectivity index (χ0v) is 7.81. The summed E-state index contributed by atoms with van der Waals surface area (Å²) in [7, 11) is 0. The molecule has 0 aromatic heterocycles. The predicted octanol–water partition coefficient (Wildman–Crippen LogP) is 3.00. The van der Waals surface area contributed by atoms with Gasteiger partial charge in [0.05, 0.1) is 16.7 Å². The topological polar surface area (TPSA) is 20.2 Å². The largest absolute Gasteiger partial charge is 0.392 e.